The minimum atomic E-state index is -0.104. The van der Waals surface area contributed by atoms with E-state index in [9.17, 15) is 4.79 Å². The van der Waals surface area contributed by atoms with Gasteiger partial charge in [-0.25, -0.2) is 4.98 Å². The number of amides is 1. The normalized spacial score (nSPS) is 10.7. The van der Waals surface area contributed by atoms with E-state index in [0.717, 1.165) is 20.4 Å². The molecule has 0 aliphatic rings. The van der Waals surface area contributed by atoms with Crippen LogP contribution < -0.4 is 5.32 Å². The number of hydrogen-bond donors (Lipinski definition) is 1. The van der Waals surface area contributed by atoms with Gasteiger partial charge < -0.3 is 5.32 Å². The van der Waals surface area contributed by atoms with Crippen molar-refractivity contribution in [1.82, 2.24) is 4.98 Å². The molecule has 0 fully saturated rings. The third kappa shape index (κ3) is 3.73. The van der Waals surface area contributed by atoms with Crippen molar-refractivity contribution in [1.29, 1.82) is 0 Å². The summed E-state index contributed by atoms with van der Waals surface area (Å²) in [6, 6.07) is 25.2. The highest BCUT2D eigenvalue weighted by Crippen LogP contribution is 2.34. The first-order chi connectivity index (χ1) is 12.3. The highest BCUT2D eigenvalue weighted by atomic mass is 32.2. The molecule has 25 heavy (non-hydrogen) atoms. The Morgan fingerprint density at radius 2 is 1.60 bits per heavy atom. The molecule has 0 bridgehead atoms. The summed E-state index contributed by atoms with van der Waals surface area (Å²) in [6.07, 6.45) is 0. The molecule has 0 saturated carbocycles. The van der Waals surface area contributed by atoms with Crippen molar-refractivity contribution in [3.63, 3.8) is 0 Å². The summed E-state index contributed by atoms with van der Waals surface area (Å²) < 4.78 is 2.21. The van der Waals surface area contributed by atoms with Crippen LogP contribution in [0.15, 0.2) is 88.1 Å². The topological polar surface area (TPSA) is 42.0 Å². The van der Waals surface area contributed by atoms with E-state index in [1.54, 1.807) is 35.2 Å². The molecule has 1 heterocycles. The zero-order valence-electron chi connectivity index (χ0n) is 13.2. The molecule has 122 valence electrons. The van der Waals surface area contributed by atoms with Gasteiger partial charge in [0.05, 0.1) is 10.2 Å². The first-order valence-electron chi connectivity index (χ1n) is 7.78. The van der Waals surface area contributed by atoms with Gasteiger partial charge in [-0.3, -0.25) is 4.79 Å². The Morgan fingerprint density at radius 1 is 0.880 bits per heavy atom. The zero-order chi connectivity index (χ0) is 17.1. The Hall–Kier alpha value is -2.63. The summed E-state index contributed by atoms with van der Waals surface area (Å²) in [5.41, 5.74) is 2.46. The highest BCUT2D eigenvalue weighted by molar-refractivity contribution is 8.01. The van der Waals surface area contributed by atoms with Crippen LogP contribution in [-0.4, -0.2) is 10.9 Å². The van der Waals surface area contributed by atoms with Crippen molar-refractivity contribution in [2.75, 3.05) is 5.32 Å². The zero-order valence-corrected chi connectivity index (χ0v) is 14.8. The molecule has 4 aromatic rings. The summed E-state index contributed by atoms with van der Waals surface area (Å²) >= 11 is 3.32. The predicted molar refractivity (Wildman–Crippen MR) is 105 cm³/mol. The number of para-hydroxylation sites is 1. The van der Waals surface area contributed by atoms with Crippen molar-refractivity contribution in [2.24, 2.45) is 0 Å². The fourth-order valence-electron chi connectivity index (χ4n) is 2.39. The van der Waals surface area contributed by atoms with E-state index in [1.807, 2.05) is 60.7 Å². The summed E-state index contributed by atoms with van der Waals surface area (Å²) in [7, 11) is 0. The molecular weight excluding hydrogens is 348 g/mol. The Kier molecular flexibility index (Phi) is 4.50. The van der Waals surface area contributed by atoms with Crippen LogP contribution in [0.3, 0.4) is 0 Å². The van der Waals surface area contributed by atoms with Gasteiger partial charge in [0.2, 0.25) is 0 Å². The number of benzene rings is 3. The Labute approximate surface area is 153 Å². The van der Waals surface area contributed by atoms with E-state index in [0.29, 0.717) is 5.56 Å². The average molecular weight is 362 g/mol. The minimum absolute atomic E-state index is 0.104. The van der Waals surface area contributed by atoms with E-state index in [-0.39, 0.29) is 5.91 Å². The van der Waals surface area contributed by atoms with Crippen LogP contribution in [0.25, 0.3) is 10.2 Å². The maximum atomic E-state index is 12.2. The van der Waals surface area contributed by atoms with Crippen LogP contribution in [0, 0.1) is 0 Å². The molecule has 0 aliphatic carbocycles. The van der Waals surface area contributed by atoms with Gasteiger partial charge in [0.25, 0.3) is 5.91 Å². The van der Waals surface area contributed by atoms with Crippen molar-refractivity contribution in [3.05, 3.63) is 84.4 Å². The number of rotatable bonds is 4. The molecule has 0 radical (unpaired) electrons. The first-order valence-corrected chi connectivity index (χ1v) is 9.41. The predicted octanol–water partition coefficient (Wildman–Crippen LogP) is 5.70. The van der Waals surface area contributed by atoms with Crippen molar-refractivity contribution in [3.8, 4) is 0 Å². The van der Waals surface area contributed by atoms with Crippen LogP contribution in [0.5, 0.6) is 0 Å². The van der Waals surface area contributed by atoms with E-state index in [1.165, 1.54) is 4.70 Å². The average Bonchev–Trinajstić information content (AvgIpc) is 3.06. The molecule has 4 rings (SSSR count). The van der Waals surface area contributed by atoms with Crippen molar-refractivity contribution >= 4 is 44.9 Å². The number of nitrogens with zero attached hydrogens (tertiary/aromatic N) is 1. The molecular formula is C20H14N2OS2. The number of carbonyl (C=O) groups is 1. The van der Waals surface area contributed by atoms with E-state index in [4.69, 9.17) is 0 Å². The highest BCUT2D eigenvalue weighted by Gasteiger charge is 2.07. The molecule has 1 amide bonds. The van der Waals surface area contributed by atoms with Crippen LogP contribution >= 0.6 is 23.1 Å². The van der Waals surface area contributed by atoms with Gasteiger partial charge in [-0.1, -0.05) is 42.1 Å². The number of aromatic nitrogens is 1. The molecule has 5 heteroatoms. The standard InChI is InChI=1S/C20H14N2OS2/c23-19(14-6-2-1-3-7-14)21-15-10-12-16(13-11-15)24-20-22-17-8-4-5-9-18(17)25-20/h1-13H,(H,21,23). The number of nitrogens with one attached hydrogen (secondary N) is 1. The molecule has 3 aromatic carbocycles. The monoisotopic (exact) mass is 362 g/mol. The fraction of sp³-hybridized carbons (Fsp3) is 0. The second-order valence-corrected chi connectivity index (χ2v) is 7.75. The van der Waals surface area contributed by atoms with E-state index < -0.39 is 0 Å². The van der Waals surface area contributed by atoms with Crippen molar-refractivity contribution in [2.45, 2.75) is 9.24 Å². The maximum Gasteiger partial charge on any atom is 0.255 e. The third-order valence-electron chi connectivity index (χ3n) is 3.63. The van der Waals surface area contributed by atoms with Crippen LogP contribution in [0.2, 0.25) is 0 Å². The first kappa shape index (κ1) is 15.9. The molecule has 0 atom stereocenters. The summed E-state index contributed by atoms with van der Waals surface area (Å²) in [5.74, 6) is -0.104. The van der Waals surface area contributed by atoms with Gasteiger partial charge in [0.15, 0.2) is 4.34 Å². The lowest BCUT2D eigenvalue weighted by Gasteiger charge is -2.06. The van der Waals surface area contributed by atoms with E-state index in [2.05, 4.69) is 16.4 Å². The summed E-state index contributed by atoms with van der Waals surface area (Å²) in [4.78, 5) is 17.9. The maximum absolute atomic E-state index is 12.2. The van der Waals surface area contributed by atoms with Gasteiger partial charge in [-0.05, 0) is 48.5 Å². The third-order valence-corrected chi connectivity index (χ3v) is 5.73. The molecule has 0 saturated heterocycles. The SMILES string of the molecule is O=C(Nc1ccc(Sc2nc3ccccc3s2)cc1)c1ccccc1. The minimum Gasteiger partial charge on any atom is -0.322 e. The molecule has 0 spiro atoms. The van der Waals surface area contributed by atoms with Gasteiger partial charge in [0.1, 0.15) is 0 Å². The Balaban J connectivity index is 1.45. The fourth-order valence-corrected chi connectivity index (χ4v) is 4.43. The molecule has 1 aromatic heterocycles. The second kappa shape index (κ2) is 7.09. The van der Waals surface area contributed by atoms with Gasteiger partial charge >= 0.3 is 0 Å². The van der Waals surface area contributed by atoms with Crippen molar-refractivity contribution < 1.29 is 4.79 Å². The molecule has 1 N–H and O–H groups in total. The lowest BCUT2D eigenvalue weighted by atomic mass is 10.2. The Bertz CT molecular complexity index is 978. The van der Waals surface area contributed by atoms with Crippen LogP contribution in [-0.2, 0) is 0 Å². The van der Waals surface area contributed by atoms with Gasteiger partial charge in [-0.15, -0.1) is 11.3 Å². The molecule has 0 aliphatic heterocycles. The number of carbonyl (C=O) groups excluding carboxylic acids is 1. The largest absolute Gasteiger partial charge is 0.322 e. The van der Waals surface area contributed by atoms with Crippen LogP contribution in [0.1, 0.15) is 10.4 Å². The van der Waals surface area contributed by atoms with Gasteiger partial charge in [0, 0.05) is 16.1 Å². The number of hydrogen-bond acceptors (Lipinski definition) is 4. The lowest BCUT2D eigenvalue weighted by molar-refractivity contribution is 0.102. The quantitative estimate of drug-likeness (QED) is 0.506. The number of thiazole rings is 1. The number of fused-ring (bicyclic) bond motifs is 1. The van der Waals surface area contributed by atoms with Gasteiger partial charge in [-0.2, -0.15) is 0 Å². The number of anilines is 1. The smallest absolute Gasteiger partial charge is 0.255 e. The van der Waals surface area contributed by atoms with Crippen LogP contribution in [0.4, 0.5) is 5.69 Å². The second-order valence-electron chi connectivity index (χ2n) is 5.39. The summed E-state index contributed by atoms with van der Waals surface area (Å²) in [5, 5.41) is 2.91. The molecule has 3 nitrogen and oxygen atoms in total. The lowest BCUT2D eigenvalue weighted by Crippen LogP contribution is -2.11. The van der Waals surface area contributed by atoms with E-state index >= 15 is 0 Å². The summed E-state index contributed by atoms with van der Waals surface area (Å²) in [6.45, 7) is 0. The Morgan fingerprint density at radius 3 is 2.36 bits per heavy atom. The molecule has 0 unspecified atom stereocenters.